The molecule has 0 N–H and O–H groups in total. The quantitative estimate of drug-likeness (QED) is 0.653. The van der Waals surface area contributed by atoms with E-state index >= 15 is 0 Å². The van der Waals surface area contributed by atoms with Crippen molar-refractivity contribution in [3.63, 3.8) is 0 Å². The largest absolute Gasteiger partial charge is 0.449 e. The van der Waals surface area contributed by atoms with E-state index in [0.29, 0.717) is 12.5 Å². The van der Waals surface area contributed by atoms with Crippen molar-refractivity contribution in [1.29, 1.82) is 0 Å². The fourth-order valence-electron chi connectivity index (χ4n) is 1.64. The number of carbonyl (C=O) groups excluding carboxylic acids is 1. The summed E-state index contributed by atoms with van der Waals surface area (Å²) in [7, 11) is 0. The summed E-state index contributed by atoms with van der Waals surface area (Å²) in [5, 5.41) is 0. The van der Waals surface area contributed by atoms with E-state index in [1.54, 1.807) is 4.90 Å². The second-order valence-electron chi connectivity index (χ2n) is 4.34. The van der Waals surface area contributed by atoms with Gasteiger partial charge in [0.05, 0.1) is 12.6 Å². The number of terminal acetylenes is 1. The van der Waals surface area contributed by atoms with E-state index in [0.717, 1.165) is 25.8 Å². The molecule has 0 radical (unpaired) electrons. The third-order valence-corrected chi connectivity index (χ3v) is 2.47. The highest BCUT2D eigenvalue weighted by atomic mass is 16.6. The number of rotatable bonds is 2. The van der Waals surface area contributed by atoms with Crippen LogP contribution in [0, 0.1) is 18.3 Å². The maximum atomic E-state index is 11.7. The Kier molecular flexibility index (Phi) is 4.48. The molecule has 1 aliphatic rings. The lowest BCUT2D eigenvalue weighted by atomic mass is 10.0. The van der Waals surface area contributed by atoms with E-state index < -0.39 is 0 Å². The van der Waals surface area contributed by atoms with Gasteiger partial charge in [0.1, 0.15) is 0 Å². The van der Waals surface area contributed by atoms with E-state index in [-0.39, 0.29) is 12.1 Å². The summed E-state index contributed by atoms with van der Waals surface area (Å²) < 4.78 is 5.17. The molecule has 1 amide bonds. The van der Waals surface area contributed by atoms with Crippen molar-refractivity contribution < 1.29 is 9.53 Å². The van der Waals surface area contributed by atoms with E-state index in [1.807, 2.05) is 13.8 Å². The average Bonchev–Trinajstić information content (AvgIpc) is 2.25. The number of hydrogen-bond acceptors (Lipinski definition) is 2. The predicted molar refractivity (Wildman–Crippen MR) is 59.4 cm³/mol. The van der Waals surface area contributed by atoms with Crippen LogP contribution in [0.15, 0.2) is 0 Å². The van der Waals surface area contributed by atoms with Gasteiger partial charge < -0.3 is 4.74 Å². The van der Waals surface area contributed by atoms with Crippen LogP contribution >= 0.6 is 0 Å². The fourth-order valence-corrected chi connectivity index (χ4v) is 1.64. The Morgan fingerprint density at radius 3 is 2.93 bits per heavy atom. The summed E-state index contributed by atoms with van der Waals surface area (Å²) in [6.45, 7) is 5.22. The predicted octanol–water partition coefficient (Wildman–Crippen LogP) is 2.27. The Morgan fingerprint density at radius 1 is 1.60 bits per heavy atom. The summed E-state index contributed by atoms with van der Waals surface area (Å²) in [6.07, 6.45) is 8.15. The van der Waals surface area contributed by atoms with Gasteiger partial charge in [-0.2, -0.15) is 0 Å². The van der Waals surface area contributed by atoms with Gasteiger partial charge in [0, 0.05) is 6.54 Å². The first-order chi connectivity index (χ1) is 7.15. The van der Waals surface area contributed by atoms with Crippen molar-refractivity contribution in [3.8, 4) is 12.3 Å². The van der Waals surface area contributed by atoms with Crippen LogP contribution in [-0.2, 0) is 4.74 Å². The van der Waals surface area contributed by atoms with Crippen molar-refractivity contribution >= 4 is 6.09 Å². The van der Waals surface area contributed by atoms with Crippen LogP contribution in [0.5, 0.6) is 0 Å². The smallest absolute Gasteiger partial charge is 0.410 e. The van der Waals surface area contributed by atoms with E-state index in [1.165, 1.54) is 0 Å². The third-order valence-electron chi connectivity index (χ3n) is 2.47. The zero-order valence-corrected chi connectivity index (χ0v) is 9.53. The minimum Gasteiger partial charge on any atom is -0.449 e. The molecule has 0 spiro atoms. The molecule has 0 aliphatic carbocycles. The van der Waals surface area contributed by atoms with Gasteiger partial charge in [0.25, 0.3) is 0 Å². The third kappa shape index (κ3) is 3.47. The normalized spacial score (nSPS) is 21.2. The molecule has 0 aromatic carbocycles. The Labute approximate surface area is 91.8 Å². The molecule has 1 atom stereocenters. The lowest BCUT2D eigenvalue weighted by Crippen LogP contribution is -2.43. The van der Waals surface area contributed by atoms with Crippen LogP contribution in [0.3, 0.4) is 0 Å². The highest BCUT2D eigenvalue weighted by Gasteiger charge is 2.26. The van der Waals surface area contributed by atoms with Crippen molar-refractivity contribution in [2.45, 2.75) is 39.2 Å². The standard InChI is InChI=1S/C12H19NO2/c1-4-11-7-5-6-8-13(11)12(14)15-9-10(2)3/h1,10-11H,5-9H2,2-3H3. The van der Waals surface area contributed by atoms with Crippen LogP contribution in [-0.4, -0.2) is 30.2 Å². The van der Waals surface area contributed by atoms with E-state index in [4.69, 9.17) is 11.2 Å². The molecule has 1 fully saturated rings. The summed E-state index contributed by atoms with van der Waals surface area (Å²) in [4.78, 5) is 13.4. The summed E-state index contributed by atoms with van der Waals surface area (Å²) in [5.41, 5.74) is 0. The average molecular weight is 209 g/mol. The molecule has 1 heterocycles. The zero-order chi connectivity index (χ0) is 11.3. The molecule has 0 aromatic heterocycles. The van der Waals surface area contributed by atoms with E-state index in [2.05, 4.69) is 5.92 Å². The lowest BCUT2D eigenvalue weighted by Gasteiger charge is -2.31. The molecule has 0 aromatic rings. The Hall–Kier alpha value is -1.17. The number of hydrogen-bond donors (Lipinski definition) is 0. The van der Waals surface area contributed by atoms with Gasteiger partial charge in [0.2, 0.25) is 0 Å². The first-order valence-corrected chi connectivity index (χ1v) is 5.54. The van der Waals surface area contributed by atoms with E-state index in [9.17, 15) is 4.79 Å². The van der Waals surface area contributed by atoms with Crippen LogP contribution in [0.2, 0.25) is 0 Å². The molecule has 1 aliphatic heterocycles. The molecule has 1 rings (SSSR count). The Morgan fingerprint density at radius 2 is 2.33 bits per heavy atom. The Balaban J connectivity index is 2.46. The molecule has 0 saturated carbocycles. The first kappa shape index (κ1) is 11.9. The number of likely N-dealkylation sites (tertiary alicyclic amines) is 1. The Bertz CT molecular complexity index is 255. The van der Waals surface area contributed by atoms with Gasteiger partial charge >= 0.3 is 6.09 Å². The SMILES string of the molecule is C#CC1CCCCN1C(=O)OCC(C)C. The molecular formula is C12H19NO2. The minimum atomic E-state index is -0.258. The van der Waals surface area contributed by atoms with Gasteiger partial charge in [0.15, 0.2) is 0 Å². The molecule has 84 valence electrons. The molecule has 1 saturated heterocycles. The molecule has 3 heteroatoms. The van der Waals surface area contributed by atoms with Crippen LogP contribution in [0.1, 0.15) is 33.1 Å². The maximum absolute atomic E-state index is 11.7. The highest BCUT2D eigenvalue weighted by Crippen LogP contribution is 2.17. The molecule has 1 unspecified atom stereocenters. The number of piperidine rings is 1. The van der Waals surface area contributed by atoms with Crippen molar-refractivity contribution in [2.75, 3.05) is 13.2 Å². The minimum absolute atomic E-state index is 0.0709. The summed E-state index contributed by atoms with van der Waals surface area (Å²) in [6, 6.07) is -0.0709. The second kappa shape index (κ2) is 5.65. The summed E-state index contributed by atoms with van der Waals surface area (Å²) >= 11 is 0. The molecular weight excluding hydrogens is 190 g/mol. The number of nitrogens with zero attached hydrogens (tertiary/aromatic N) is 1. The molecule has 15 heavy (non-hydrogen) atoms. The van der Waals surface area contributed by atoms with Crippen molar-refractivity contribution in [2.24, 2.45) is 5.92 Å². The van der Waals surface area contributed by atoms with Gasteiger partial charge in [-0.05, 0) is 25.2 Å². The fraction of sp³-hybridized carbons (Fsp3) is 0.750. The van der Waals surface area contributed by atoms with Crippen molar-refractivity contribution in [3.05, 3.63) is 0 Å². The van der Waals surface area contributed by atoms with Gasteiger partial charge in [-0.3, -0.25) is 4.90 Å². The lowest BCUT2D eigenvalue weighted by molar-refractivity contribution is 0.0760. The molecule has 3 nitrogen and oxygen atoms in total. The second-order valence-corrected chi connectivity index (χ2v) is 4.34. The number of ether oxygens (including phenoxy) is 1. The number of carbonyl (C=O) groups is 1. The van der Waals surface area contributed by atoms with Gasteiger partial charge in [-0.1, -0.05) is 19.8 Å². The monoisotopic (exact) mass is 209 g/mol. The van der Waals surface area contributed by atoms with Crippen LogP contribution < -0.4 is 0 Å². The summed E-state index contributed by atoms with van der Waals surface area (Å²) in [5.74, 6) is 3.01. The van der Waals surface area contributed by atoms with Crippen LogP contribution in [0.25, 0.3) is 0 Å². The highest BCUT2D eigenvalue weighted by molar-refractivity contribution is 5.68. The van der Waals surface area contributed by atoms with Crippen molar-refractivity contribution in [1.82, 2.24) is 4.90 Å². The van der Waals surface area contributed by atoms with Gasteiger partial charge in [-0.15, -0.1) is 6.42 Å². The van der Waals surface area contributed by atoms with Crippen LogP contribution in [0.4, 0.5) is 4.79 Å². The maximum Gasteiger partial charge on any atom is 0.410 e. The zero-order valence-electron chi connectivity index (χ0n) is 9.53. The first-order valence-electron chi connectivity index (χ1n) is 5.54. The molecule has 0 bridgehead atoms. The van der Waals surface area contributed by atoms with Gasteiger partial charge in [-0.25, -0.2) is 4.79 Å². The topological polar surface area (TPSA) is 29.5 Å². The number of amides is 1.